The summed E-state index contributed by atoms with van der Waals surface area (Å²) >= 11 is 8.75. The van der Waals surface area contributed by atoms with Gasteiger partial charge in [0.25, 0.3) is 5.91 Å². The number of thiazole rings is 1. The lowest BCUT2D eigenvalue weighted by atomic mass is 10.2. The largest absolute Gasteiger partial charge is 0.298 e. The van der Waals surface area contributed by atoms with Gasteiger partial charge in [-0.15, -0.1) is 22.7 Å². The maximum atomic E-state index is 12.1. The Bertz CT molecular complexity index is 780. The highest BCUT2D eigenvalue weighted by Gasteiger charge is 2.11. The van der Waals surface area contributed by atoms with Crippen LogP contribution in [-0.4, -0.2) is 15.9 Å². The zero-order valence-corrected chi connectivity index (χ0v) is 13.4. The van der Waals surface area contributed by atoms with E-state index in [-0.39, 0.29) is 5.91 Å². The molecule has 0 atom stereocenters. The molecule has 0 aliphatic carbocycles. The standard InChI is InChI=1S/C14H10ClN3OS2/c1-8-2-3-9(6-16-8)13(19)18-14-17-10(7-20-14)11-4-5-12(15)21-11/h2-7H,1H3,(H,17,18,19). The number of aromatic nitrogens is 2. The summed E-state index contributed by atoms with van der Waals surface area (Å²) in [5.41, 5.74) is 2.20. The molecule has 3 rings (SSSR count). The van der Waals surface area contributed by atoms with Crippen LogP contribution in [-0.2, 0) is 0 Å². The van der Waals surface area contributed by atoms with Crippen LogP contribution in [0.2, 0.25) is 4.34 Å². The van der Waals surface area contributed by atoms with E-state index in [0.29, 0.717) is 15.0 Å². The third-order valence-corrected chi connectivity index (χ3v) is 4.74. The summed E-state index contributed by atoms with van der Waals surface area (Å²) in [6, 6.07) is 7.29. The molecule has 1 amide bonds. The van der Waals surface area contributed by atoms with E-state index >= 15 is 0 Å². The van der Waals surface area contributed by atoms with Crippen molar-refractivity contribution in [3.8, 4) is 10.6 Å². The van der Waals surface area contributed by atoms with E-state index in [9.17, 15) is 4.79 Å². The number of hydrogen-bond acceptors (Lipinski definition) is 5. The van der Waals surface area contributed by atoms with Crippen molar-refractivity contribution in [1.82, 2.24) is 9.97 Å². The Kier molecular flexibility index (Phi) is 4.01. The molecule has 0 saturated heterocycles. The molecule has 0 radical (unpaired) electrons. The molecule has 0 aliphatic heterocycles. The highest BCUT2D eigenvalue weighted by atomic mass is 35.5. The topological polar surface area (TPSA) is 54.9 Å². The SMILES string of the molecule is Cc1ccc(C(=O)Nc2nc(-c3ccc(Cl)s3)cs2)cn1. The number of aryl methyl sites for hydroxylation is 1. The second-order valence-corrected chi connectivity index (χ2v) is 6.86. The highest BCUT2D eigenvalue weighted by Crippen LogP contribution is 2.32. The molecule has 0 aliphatic rings. The zero-order chi connectivity index (χ0) is 14.8. The normalized spacial score (nSPS) is 10.6. The van der Waals surface area contributed by atoms with Crippen molar-refractivity contribution in [1.29, 1.82) is 0 Å². The number of nitrogens with one attached hydrogen (secondary N) is 1. The van der Waals surface area contributed by atoms with Crippen molar-refractivity contribution in [2.45, 2.75) is 6.92 Å². The van der Waals surface area contributed by atoms with Gasteiger partial charge in [-0.05, 0) is 31.2 Å². The third-order valence-electron chi connectivity index (χ3n) is 2.72. The zero-order valence-electron chi connectivity index (χ0n) is 11.0. The average molecular weight is 336 g/mol. The van der Waals surface area contributed by atoms with Crippen LogP contribution in [0.25, 0.3) is 10.6 Å². The summed E-state index contributed by atoms with van der Waals surface area (Å²) in [5, 5.41) is 5.22. The summed E-state index contributed by atoms with van der Waals surface area (Å²) < 4.78 is 0.717. The number of thiophene rings is 1. The van der Waals surface area contributed by atoms with E-state index in [2.05, 4.69) is 15.3 Å². The molecule has 7 heteroatoms. The second-order valence-electron chi connectivity index (χ2n) is 4.28. The molecule has 0 aromatic carbocycles. The predicted octanol–water partition coefficient (Wildman–Crippen LogP) is 4.48. The minimum Gasteiger partial charge on any atom is -0.298 e. The number of carbonyl (C=O) groups is 1. The predicted molar refractivity (Wildman–Crippen MR) is 87.4 cm³/mol. The molecule has 0 fully saturated rings. The number of hydrogen-bond donors (Lipinski definition) is 1. The Hall–Kier alpha value is -1.76. The van der Waals surface area contributed by atoms with Crippen LogP contribution in [0.4, 0.5) is 5.13 Å². The number of carbonyl (C=O) groups excluding carboxylic acids is 1. The van der Waals surface area contributed by atoms with Crippen LogP contribution in [0.15, 0.2) is 35.8 Å². The van der Waals surface area contributed by atoms with Crippen LogP contribution in [0, 0.1) is 6.92 Å². The van der Waals surface area contributed by atoms with Crippen molar-refractivity contribution in [2.24, 2.45) is 0 Å². The molecule has 0 spiro atoms. The maximum absolute atomic E-state index is 12.1. The second kappa shape index (κ2) is 5.93. The van der Waals surface area contributed by atoms with E-state index in [0.717, 1.165) is 16.3 Å². The molecule has 3 heterocycles. The van der Waals surface area contributed by atoms with Crippen LogP contribution < -0.4 is 5.32 Å². The number of pyridine rings is 1. The van der Waals surface area contributed by atoms with E-state index in [1.165, 1.54) is 22.7 Å². The number of nitrogens with zero attached hydrogens (tertiary/aromatic N) is 2. The summed E-state index contributed by atoms with van der Waals surface area (Å²) in [7, 11) is 0. The third kappa shape index (κ3) is 3.29. The van der Waals surface area contributed by atoms with E-state index < -0.39 is 0 Å². The van der Waals surface area contributed by atoms with Gasteiger partial charge in [-0.2, -0.15) is 0 Å². The molecule has 106 valence electrons. The number of anilines is 1. The summed E-state index contributed by atoms with van der Waals surface area (Å²) in [6.07, 6.45) is 1.55. The van der Waals surface area contributed by atoms with Gasteiger partial charge in [-0.25, -0.2) is 4.98 Å². The van der Waals surface area contributed by atoms with Crippen molar-refractivity contribution in [2.75, 3.05) is 5.32 Å². The van der Waals surface area contributed by atoms with Crippen LogP contribution in [0.1, 0.15) is 16.1 Å². The molecule has 4 nitrogen and oxygen atoms in total. The van der Waals surface area contributed by atoms with Gasteiger partial charge < -0.3 is 0 Å². The number of amides is 1. The van der Waals surface area contributed by atoms with Gasteiger partial charge in [0.1, 0.15) is 0 Å². The average Bonchev–Trinajstić information content (AvgIpc) is 3.08. The lowest BCUT2D eigenvalue weighted by Gasteiger charge is -2.01. The van der Waals surface area contributed by atoms with Gasteiger partial charge in [-0.3, -0.25) is 15.1 Å². The van der Waals surface area contributed by atoms with Gasteiger partial charge in [0.15, 0.2) is 5.13 Å². The fourth-order valence-corrected chi connectivity index (χ4v) is 3.45. The minimum absolute atomic E-state index is 0.215. The lowest BCUT2D eigenvalue weighted by Crippen LogP contribution is -2.12. The van der Waals surface area contributed by atoms with E-state index in [1.807, 2.05) is 24.4 Å². The van der Waals surface area contributed by atoms with Crippen LogP contribution in [0.5, 0.6) is 0 Å². The Morgan fingerprint density at radius 1 is 1.29 bits per heavy atom. The van der Waals surface area contributed by atoms with Crippen molar-refractivity contribution < 1.29 is 4.79 Å². The van der Waals surface area contributed by atoms with Gasteiger partial charge in [0.05, 0.1) is 20.5 Å². The molecule has 3 aromatic rings. The van der Waals surface area contributed by atoms with Crippen LogP contribution in [0.3, 0.4) is 0 Å². The lowest BCUT2D eigenvalue weighted by molar-refractivity contribution is 0.102. The van der Waals surface area contributed by atoms with Gasteiger partial charge in [0.2, 0.25) is 0 Å². The highest BCUT2D eigenvalue weighted by molar-refractivity contribution is 7.20. The van der Waals surface area contributed by atoms with Gasteiger partial charge in [-0.1, -0.05) is 11.6 Å². The minimum atomic E-state index is -0.215. The Balaban J connectivity index is 1.75. The first-order chi connectivity index (χ1) is 10.1. The number of halogens is 1. The molecular formula is C14H10ClN3OS2. The first kappa shape index (κ1) is 14.2. The fraction of sp³-hybridized carbons (Fsp3) is 0.0714. The maximum Gasteiger partial charge on any atom is 0.259 e. The van der Waals surface area contributed by atoms with Gasteiger partial charge >= 0.3 is 0 Å². The molecule has 0 unspecified atom stereocenters. The van der Waals surface area contributed by atoms with Crippen molar-refractivity contribution in [3.63, 3.8) is 0 Å². The quantitative estimate of drug-likeness (QED) is 0.767. The Morgan fingerprint density at radius 3 is 2.81 bits per heavy atom. The number of rotatable bonds is 3. The van der Waals surface area contributed by atoms with Crippen molar-refractivity contribution >= 4 is 45.3 Å². The molecule has 0 bridgehead atoms. The van der Waals surface area contributed by atoms with Crippen LogP contribution >= 0.6 is 34.3 Å². The Morgan fingerprint density at radius 2 is 2.14 bits per heavy atom. The van der Waals surface area contributed by atoms with E-state index in [1.54, 1.807) is 18.3 Å². The molecule has 3 aromatic heterocycles. The monoisotopic (exact) mass is 335 g/mol. The smallest absolute Gasteiger partial charge is 0.259 e. The van der Waals surface area contributed by atoms with E-state index in [4.69, 9.17) is 11.6 Å². The summed E-state index contributed by atoms with van der Waals surface area (Å²) in [6.45, 7) is 1.88. The summed E-state index contributed by atoms with van der Waals surface area (Å²) in [5.74, 6) is -0.215. The molecule has 0 saturated carbocycles. The van der Waals surface area contributed by atoms with Gasteiger partial charge in [0, 0.05) is 17.3 Å². The molecule has 21 heavy (non-hydrogen) atoms. The molecular weight excluding hydrogens is 326 g/mol. The summed E-state index contributed by atoms with van der Waals surface area (Å²) in [4.78, 5) is 21.6. The Labute approximate surface area is 134 Å². The molecule has 1 N–H and O–H groups in total. The fourth-order valence-electron chi connectivity index (χ4n) is 1.67. The first-order valence-corrected chi connectivity index (χ1v) is 8.14. The first-order valence-electron chi connectivity index (χ1n) is 6.07. The van der Waals surface area contributed by atoms with Crippen molar-refractivity contribution in [3.05, 3.63) is 51.4 Å².